The molecule has 0 radical (unpaired) electrons. The van der Waals surface area contributed by atoms with Crippen LogP contribution in [0, 0.1) is 0 Å². The van der Waals surface area contributed by atoms with Gasteiger partial charge >= 0.3 is 0 Å². The smallest absolute Gasteiger partial charge is 0.258 e. The predicted molar refractivity (Wildman–Crippen MR) is 88.0 cm³/mol. The number of hydrogen-bond donors (Lipinski definition) is 1. The van der Waals surface area contributed by atoms with Crippen LogP contribution < -0.4 is 5.32 Å². The van der Waals surface area contributed by atoms with Crippen molar-refractivity contribution in [2.45, 2.75) is 19.5 Å². The van der Waals surface area contributed by atoms with Gasteiger partial charge in [0.1, 0.15) is 0 Å². The Hall–Kier alpha value is -2.88. The van der Waals surface area contributed by atoms with Crippen LogP contribution in [-0.4, -0.2) is 16.7 Å². The van der Waals surface area contributed by atoms with E-state index in [0.29, 0.717) is 18.7 Å². The van der Waals surface area contributed by atoms with Crippen LogP contribution in [0.3, 0.4) is 0 Å². The Morgan fingerprint density at radius 3 is 2.17 bits per heavy atom. The van der Waals surface area contributed by atoms with Crippen LogP contribution in [0.25, 0.3) is 0 Å². The second-order valence-electron chi connectivity index (χ2n) is 5.48. The molecule has 1 heterocycles. The standard InChI is InChI=1S/C19H18N2O2/c22-18-11-17(13-20-12-15-7-3-1-4-8-15)19(23)21(18)14-16-9-5-2-6-10-16/h1-10,13,20H,11-12,14H2/b17-13+. The van der Waals surface area contributed by atoms with Crippen molar-refractivity contribution in [1.82, 2.24) is 10.2 Å². The lowest BCUT2D eigenvalue weighted by atomic mass is 10.2. The van der Waals surface area contributed by atoms with Crippen LogP contribution >= 0.6 is 0 Å². The van der Waals surface area contributed by atoms with E-state index in [2.05, 4.69) is 5.32 Å². The quantitative estimate of drug-likeness (QED) is 0.682. The van der Waals surface area contributed by atoms with Crippen LogP contribution in [0.5, 0.6) is 0 Å². The highest BCUT2D eigenvalue weighted by Gasteiger charge is 2.33. The Bertz CT molecular complexity index is 724. The number of hydrogen-bond acceptors (Lipinski definition) is 3. The van der Waals surface area contributed by atoms with Gasteiger partial charge in [-0.25, -0.2) is 0 Å². The van der Waals surface area contributed by atoms with Gasteiger partial charge in [-0.3, -0.25) is 14.5 Å². The van der Waals surface area contributed by atoms with Gasteiger partial charge in [-0.05, 0) is 11.1 Å². The van der Waals surface area contributed by atoms with E-state index in [0.717, 1.165) is 11.1 Å². The van der Waals surface area contributed by atoms with E-state index in [-0.39, 0.29) is 18.2 Å². The highest BCUT2D eigenvalue weighted by molar-refractivity contribution is 6.13. The minimum atomic E-state index is -0.209. The molecule has 3 rings (SSSR count). The summed E-state index contributed by atoms with van der Waals surface area (Å²) in [6.07, 6.45) is 1.83. The van der Waals surface area contributed by atoms with E-state index < -0.39 is 0 Å². The highest BCUT2D eigenvalue weighted by Crippen LogP contribution is 2.20. The lowest BCUT2D eigenvalue weighted by Gasteiger charge is -2.13. The summed E-state index contributed by atoms with van der Waals surface area (Å²) in [7, 11) is 0. The van der Waals surface area contributed by atoms with E-state index in [1.807, 2.05) is 60.7 Å². The predicted octanol–water partition coefficient (Wildman–Crippen LogP) is 2.62. The van der Waals surface area contributed by atoms with E-state index in [1.165, 1.54) is 4.90 Å². The van der Waals surface area contributed by atoms with Crippen molar-refractivity contribution in [2.75, 3.05) is 0 Å². The Labute approximate surface area is 135 Å². The maximum Gasteiger partial charge on any atom is 0.258 e. The number of imide groups is 1. The van der Waals surface area contributed by atoms with E-state index >= 15 is 0 Å². The molecule has 0 bridgehead atoms. The molecule has 0 saturated carbocycles. The topological polar surface area (TPSA) is 49.4 Å². The van der Waals surface area contributed by atoms with Crippen molar-refractivity contribution in [3.05, 3.63) is 83.6 Å². The molecule has 1 aliphatic heterocycles. The molecule has 4 nitrogen and oxygen atoms in total. The van der Waals surface area contributed by atoms with E-state index in [1.54, 1.807) is 6.20 Å². The maximum atomic E-state index is 12.4. The maximum absolute atomic E-state index is 12.4. The van der Waals surface area contributed by atoms with Gasteiger partial charge in [0.2, 0.25) is 5.91 Å². The first-order valence-corrected chi connectivity index (χ1v) is 7.59. The molecular formula is C19H18N2O2. The molecule has 2 aromatic carbocycles. The third kappa shape index (κ3) is 3.66. The van der Waals surface area contributed by atoms with Gasteiger partial charge in [0.15, 0.2) is 0 Å². The number of carbonyl (C=O) groups is 2. The second-order valence-corrected chi connectivity index (χ2v) is 5.48. The summed E-state index contributed by atoms with van der Waals surface area (Å²) in [6.45, 7) is 0.957. The normalized spacial score (nSPS) is 16.2. The van der Waals surface area contributed by atoms with Crippen LogP contribution in [0.15, 0.2) is 72.4 Å². The number of carbonyl (C=O) groups excluding carboxylic acids is 2. The first-order chi connectivity index (χ1) is 11.2. The van der Waals surface area contributed by atoms with Gasteiger partial charge in [-0.1, -0.05) is 60.7 Å². The SMILES string of the molecule is O=C1C/C(=C\NCc2ccccc2)C(=O)N1Cc1ccccc1. The average molecular weight is 306 g/mol. The fraction of sp³-hybridized carbons (Fsp3) is 0.158. The minimum Gasteiger partial charge on any atom is -0.386 e. The monoisotopic (exact) mass is 306 g/mol. The number of nitrogens with one attached hydrogen (secondary N) is 1. The summed E-state index contributed by atoms with van der Waals surface area (Å²) in [5.41, 5.74) is 2.59. The molecule has 0 aliphatic carbocycles. The van der Waals surface area contributed by atoms with Crippen LogP contribution in [0.1, 0.15) is 17.5 Å². The number of nitrogens with zero attached hydrogens (tertiary/aromatic N) is 1. The molecule has 4 heteroatoms. The summed E-state index contributed by atoms with van der Waals surface area (Å²) in [5.74, 6) is -0.356. The molecule has 116 valence electrons. The first kappa shape index (κ1) is 15.0. The lowest BCUT2D eigenvalue weighted by Crippen LogP contribution is -2.28. The fourth-order valence-electron chi connectivity index (χ4n) is 2.55. The molecule has 2 amide bonds. The summed E-state index contributed by atoms with van der Waals surface area (Å²) < 4.78 is 0. The Morgan fingerprint density at radius 2 is 1.52 bits per heavy atom. The average Bonchev–Trinajstić information content (AvgIpc) is 2.85. The molecular weight excluding hydrogens is 288 g/mol. The van der Waals surface area contributed by atoms with Crippen molar-refractivity contribution in [3.8, 4) is 0 Å². The van der Waals surface area contributed by atoms with Gasteiger partial charge < -0.3 is 5.32 Å². The van der Waals surface area contributed by atoms with Crippen molar-refractivity contribution in [3.63, 3.8) is 0 Å². The van der Waals surface area contributed by atoms with Gasteiger partial charge in [-0.15, -0.1) is 0 Å². The summed E-state index contributed by atoms with van der Waals surface area (Å²) in [6, 6.07) is 19.5. The largest absolute Gasteiger partial charge is 0.386 e. The number of amides is 2. The molecule has 1 saturated heterocycles. The van der Waals surface area contributed by atoms with Crippen molar-refractivity contribution in [2.24, 2.45) is 0 Å². The van der Waals surface area contributed by atoms with Crippen LogP contribution in [0.4, 0.5) is 0 Å². The summed E-state index contributed by atoms with van der Waals surface area (Å²) in [5, 5.41) is 3.12. The zero-order chi connectivity index (χ0) is 16.1. The molecule has 23 heavy (non-hydrogen) atoms. The summed E-state index contributed by atoms with van der Waals surface area (Å²) in [4.78, 5) is 25.7. The van der Waals surface area contributed by atoms with Gasteiger partial charge in [-0.2, -0.15) is 0 Å². The molecule has 2 aromatic rings. The third-order valence-corrected chi connectivity index (χ3v) is 3.77. The van der Waals surface area contributed by atoms with Crippen LogP contribution in [-0.2, 0) is 22.7 Å². The zero-order valence-corrected chi connectivity index (χ0v) is 12.7. The van der Waals surface area contributed by atoms with E-state index in [4.69, 9.17) is 0 Å². The first-order valence-electron chi connectivity index (χ1n) is 7.59. The summed E-state index contributed by atoms with van der Waals surface area (Å²) >= 11 is 0. The van der Waals surface area contributed by atoms with Gasteiger partial charge in [0, 0.05) is 18.3 Å². The lowest BCUT2D eigenvalue weighted by molar-refractivity contribution is -0.138. The minimum absolute atomic E-state index is 0.147. The van der Waals surface area contributed by atoms with Crippen molar-refractivity contribution in [1.29, 1.82) is 0 Å². The fourth-order valence-corrected chi connectivity index (χ4v) is 2.55. The third-order valence-electron chi connectivity index (χ3n) is 3.77. The Morgan fingerprint density at radius 1 is 0.913 bits per heavy atom. The second kappa shape index (κ2) is 6.92. The number of rotatable bonds is 5. The Balaban J connectivity index is 1.62. The van der Waals surface area contributed by atoms with Gasteiger partial charge in [0.25, 0.3) is 5.91 Å². The molecule has 0 aromatic heterocycles. The van der Waals surface area contributed by atoms with Crippen molar-refractivity contribution < 1.29 is 9.59 Å². The van der Waals surface area contributed by atoms with E-state index in [9.17, 15) is 9.59 Å². The zero-order valence-electron chi connectivity index (χ0n) is 12.7. The molecule has 0 spiro atoms. The van der Waals surface area contributed by atoms with Gasteiger partial charge in [0.05, 0.1) is 13.0 Å². The molecule has 0 unspecified atom stereocenters. The molecule has 0 atom stereocenters. The number of likely N-dealkylation sites (tertiary alicyclic amines) is 1. The Kier molecular flexibility index (Phi) is 4.52. The van der Waals surface area contributed by atoms with Crippen LogP contribution in [0.2, 0.25) is 0 Å². The highest BCUT2D eigenvalue weighted by atomic mass is 16.2. The molecule has 1 aliphatic rings. The molecule has 1 fully saturated rings. The number of benzene rings is 2. The molecule has 1 N–H and O–H groups in total. The van der Waals surface area contributed by atoms with Crippen molar-refractivity contribution >= 4 is 11.8 Å².